The number of carboxylic acid groups (broad SMARTS) is 1. The van der Waals surface area contributed by atoms with E-state index >= 15 is 0 Å². The van der Waals surface area contributed by atoms with Crippen molar-refractivity contribution in [2.24, 2.45) is 0 Å². The van der Waals surface area contributed by atoms with Crippen molar-refractivity contribution >= 4 is 6.09 Å². The minimum absolute atomic E-state index is 0.0650. The van der Waals surface area contributed by atoms with Crippen LogP contribution in [0.15, 0.2) is 42.5 Å². The number of halogens is 2. The van der Waals surface area contributed by atoms with Gasteiger partial charge in [-0.2, -0.15) is 0 Å². The Kier molecular flexibility index (Phi) is 8.48. The Morgan fingerprint density at radius 2 is 1.68 bits per heavy atom. The van der Waals surface area contributed by atoms with Gasteiger partial charge in [-0.05, 0) is 54.0 Å². The Bertz CT molecular complexity index is 1060. The highest BCUT2D eigenvalue weighted by Crippen LogP contribution is 2.45. The molecule has 7 nitrogen and oxygen atoms in total. The lowest BCUT2D eigenvalue weighted by Crippen LogP contribution is -2.55. The third-order valence-electron chi connectivity index (χ3n) is 7.59. The van der Waals surface area contributed by atoms with Gasteiger partial charge in [0.2, 0.25) is 0 Å². The van der Waals surface area contributed by atoms with Crippen LogP contribution in [0.4, 0.5) is 13.6 Å². The normalized spacial score (nSPS) is 20.2. The van der Waals surface area contributed by atoms with Crippen LogP contribution in [0.3, 0.4) is 0 Å². The summed E-state index contributed by atoms with van der Waals surface area (Å²) in [5, 5.41) is 26.3. The second-order valence-electron chi connectivity index (χ2n) is 10.5. The van der Waals surface area contributed by atoms with Gasteiger partial charge in [-0.1, -0.05) is 38.1 Å². The first kappa shape index (κ1) is 27.4. The van der Waals surface area contributed by atoms with Crippen molar-refractivity contribution in [3.05, 3.63) is 70.8 Å². The van der Waals surface area contributed by atoms with Crippen LogP contribution in [0.25, 0.3) is 0 Å². The van der Waals surface area contributed by atoms with Gasteiger partial charge in [-0.15, -0.1) is 0 Å². The maximum Gasteiger partial charge on any atom is 0.404 e. The summed E-state index contributed by atoms with van der Waals surface area (Å²) in [5.41, 5.74) is 2.07. The van der Waals surface area contributed by atoms with E-state index in [0.29, 0.717) is 44.8 Å². The first-order valence-corrected chi connectivity index (χ1v) is 12.9. The molecule has 2 aromatic carbocycles. The molecule has 1 amide bonds. The molecule has 0 aromatic heterocycles. The fourth-order valence-corrected chi connectivity index (χ4v) is 5.47. The molecule has 0 radical (unpaired) electrons. The zero-order valence-corrected chi connectivity index (χ0v) is 21.3. The highest BCUT2D eigenvalue weighted by Gasteiger charge is 2.47. The van der Waals surface area contributed by atoms with Crippen LogP contribution < -0.4 is 10.6 Å². The number of nitrogens with one attached hydrogen (secondary N) is 2. The molecule has 1 aliphatic heterocycles. The number of hydrogen-bond acceptors (Lipinski definition) is 5. The Balaban J connectivity index is 1.54. The molecular formula is C28H36F2N2O5. The van der Waals surface area contributed by atoms with Gasteiger partial charge >= 0.3 is 6.09 Å². The summed E-state index contributed by atoms with van der Waals surface area (Å²) >= 11 is 0. The van der Waals surface area contributed by atoms with Crippen molar-refractivity contribution in [2.45, 2.75) is 75.3 Å². The molecule has 202 valence electrons. The van der Waals surface area contributed by atoms with Crippen molar-refractivity contribution in [1.29, 1.82) is 0 Å². The highest BCUT2D eigenvalue weighted by atomic mass is 19.1. The molecule has 4 N–H and O–H groups in total. The van der Waals surface area contributed by atoms with E-state index in [1.807, 2.05) is 6.07 Å². The maximum atomic E-state index is 13.7. The Hall–Kier alpha value is -2.59. The first-order valence-electron chi connectivity index (χ1n) is 12.9. The SMILES string of the molecule is CC(C)c1cccc(C2(NC[C@@H](O)[C@H](Cc3cc(F)cc(F)c3)NC(=O)O)CCC3(CC2)OCCO3)c1. The minimum Gasteiger partial charge on any atom is -0.465 e. The molecule has 0 unspecified atom stereocenters. The number of amides is 1. The third kappa shape index (κ3) is 6.65. The number of carbonyl (C=O) groups is 1. The topological polar surface area (TPSA) is 100 Å². The Morgan fingerprint density at radius 1 is 1.03 bits per heavy atom. The standard InChI is InChI=1S/C28H36F2N2O5/c1-18(2)20-4-3-5-21(15-20)27(6-8-28(9-7-27)36-10-11-37-28)31-17-25(33)24(32-26(34)35)14-19-12-22(29)16-23(30)13-19/h3-5,12-13,15-16,18,24-25,31-33H,6-11,14,17H2,1-2H3,(H,34,35)/t24-,25+/m0/s1. The second kappa shape index (κ2) is 11.4. The predicted molar refractivity (Wildman–Crippen MR) is 134 cm³/mol. The molecule has 2 aromatic rings. The molecule has 9 heteroatoms. The van der Waals surface area contributed by atoms with E-state index < -0.39 is 41.2 Å². The fourth-order valence-electron chi connectivity index (χ4n) is 5.47. The number of ether oxygens (including phenoxy) is 2. The summed E-state index contributed by atoms with van der Waals surface area (Å²) in [6.45, 7) is 5.49. The van der Waals surface area contributed by atoms with Crippen LogP contribution in [0.5, 0.6) is 0 Å². The summed E-state index contributed by atoms with van der Waals surface area (Å²) < 4.78 is 39.3. The van der Waals surface area contributed by atoms with Gasteiger partial charge in [-0.25, -0.2) is 13.6 Å². The van der Waals surface area contributed by atoms with Crippen LogP contribution in [0, 0.1) is 11.6 Å². The molecule has 2 atom stereocenters. The van der Waals surface area contributed by atoms with Crippen molar-refractivity contribution < 1.29 is 33.3 Å². The van der Waals surface area contributed by atoms with Crippen LogP contribution in [-0.2, 0) is 21.4 Å². The molecule has 1 heterocycles. The smallest absolute Gasteiger partial charge is 0.404 e. The molecule has 2 aliphatic rings. The third-order valence-corrected chi connectivity index (χ3v) is 7.59. The summed E-state index contributed by atoms with van der Waals surface area (Å²) in [5.74, 6) is -1.75. The molecule has 2 fully saturated rings. The van der Waals surface area contributed by atoms with Gasteiger partial charge in [0, 0.05) is 31.0 Å². The minimum atomic E-state index is -1.32. The quantitative estimate of drug-likeness (QED) is 0.392. The van der Waals surface area contributed by atoms with Crippen LogP contribution in [0.2, 0.25) is 0 Å². The van der Waals surface area contributed by atoms with Crippen LogP contribution >= 0.6 is 0 Å². The molecule has 4 rings (SSSR count). The number of aliphatic hydroxyl groups is 1. The van der Waals surface area contributed by atoms with Gasteiger partial charge in [-0.3, -0.25) is 0 Å². The number of hydrogen-bond donors (Lipinski definition) is 4. The zero-order chi connectivity index (χ0) is 26.6. The van der Waals surface area contributed by atoms with E-state index in [1.165, 1.54) is 5.56 Å². The van der Waals surface area contributed by atoms with Crippen molar-refractivity contribution in [3.63, 3.8) is 0 Å². The first-order chi connectivity index (χ1) is 17.6. The Labute approximate surface area is 216 Å². The molecule has 1 spiro atoms. The van der Waals surface area contributed by atoms with E-state index in [1.54, 1.807) is 0 Å². The van der Waals surface area contributed by atoms with E-state index in [0.717, 1.165) is 23.8 Å². The molecule has 1 saturated carbocycles. The zero-order valence-electron chi connectivity index (χ0n) is 21.3. The summed E-state index contributed by atoms with van der Waals surface area (Å²) in [7, 11) is 0. The lowest BCUT2D eigenvalue weighted by molar-refractivity contribution is -0.187. The molecule has 37 heavy (non-hydrogen) atoms. The Morgan fingerprint density at radius 3 is 2.27 bits per heavy atom. The number of aliphatic hydroxyl groups excluding tert-OH is 1. The van der Waals surface area contributed by atoms with Gasteiger partial charge in [0.05, 0.1) is 25.4 Å². The predicted octanol–water partition coefficient (Wildman–Crippen LogP) is 4.43. The lowest BCUT2D eigenvalue weighted by Gasteiger charge is -2.45. The van der Waals surface area contributed by atoms with Crippen molar-refractivity contribution in [1.82, 2.24) is 10.6 Å². The van der Waals surface area contributed by atoms with E-state index in [4.69, 9.17) is 9.47 Å². The average Bonchev–Trinajstić information content (AvgIpc) is 3.31. The van der Waals surface area contributed by atoms with Crippen LogP contribution in [0.1, 0.15) is 62.1 Å². The molecule has 0 bridgehead atoms. The van der Waals surface area contributed by atoms with Crippen molar-refractivity contribution in [2.75, 3.05) is 19.8 Å². The van der Waals surface area contributed by atoms with Gasteiger partial charge < -0.3 is 30.3 Å². The van der Waals surface area contributed by atoms with Gasteiger partial charge in [0.25, 0.3) is 0 Å². The summed E-state index contributed by atoms with van der Waals surface area (Å²) in [4.78, 5) is 11.5. The van der Waals surface area contributed by atoms with E-state index in [2.05, 4.69) is 42.7 Å². The van der Waals surface area contributed by atoms with Gasteiger partial charge in [0.1, 0.15) is 11.6 Å². The number of rotatable bonds is 9. The van der Waals surface area contributed by atoms with Gasteiger partial charge in [0.15, 0.2) is 5.79 Å². The molecule has 1 aliphatic carbocycles. The largest absolute Gasteiger partial charge is 0.465 e. The van der Waals surface area contributed by atoms with Crippen molar-refractivity contribution in [3.8, 4) is 0 Å². The monoisotopic (exact) mass is 518 g/mol. The van der Waals surface area contributed by atoms with E-state index in [9.17, 15) is 23.8 Å². The maximum absolute atomic E-state index is 13.7. The number of benzene rings is 2. The summed E-state index contributed by atoms with van der Waals surface area (Å²) in [6.07, 6.45) is 0.228. The summed E-state index contributed by atoms with van der Waals surface area (Å²) in [6, 6.07) is 10.4. The molecular weight excluding hydrogens is 482 g/mol. The highest BCUT2D eigenvalue weighted by molar-refractivity contribution is 5.65. The lowest BCUT2D eigenvalue weighted by atomic mass is 9.73. The second-order valence-corrected chi connectivity index (χ2v) is 10.5. The fraction of sp³-hybridized carbons (Fsp3) is 0.536. The van der Waals surface area contributed by atoms with E-state index in [-0.39, 0.29) is 18.5 Å². The van der Waals surface area contributed by atoms with Crippen LogP contribution in [-0.4, -0.2) is 54.0 Å². The average molecular weight is 519 g/mol. The molecule has 1 saturated heterocycles.